The number of hydrogen-bond acceptors (Lipinski definition) is 3. The quantitative estimate of drug-likeness (QED) is 0.714. The second-order valence-corrected chi connectivity index (χ2v) is 3.43. The Balaban J connectivity index is 0.000001000. The largest absolute Gasteiger partial charge is 0.325 e. The van der Waals surface area contributed by atoms with Crippen molar-refractivity contribution in [2.45, 2.75) is 26.3 Å². The summed E-state index contributed by atoms with van der Waals surface area (Å²) in [5, 5.41) is 3.20. The van der Waals surface area contributed by atoms with Gasteiger partial charge in [0, 0.05) is 19.3 Å². The highest BCUT2D eigenvalue weighted by molar-refractivity contribution is 7.09. The molecule has 0 bridgehead atoms. The lowest BCUT2D eigenvalue weighted by atomic mass is 10.2. The maximum Gasteiger partial charge on any atom is 0.0954 e. The highest BCUT2D eigenvalue weighted by Gasteiger charge is 2.03. The molecule has 0 fully saturated rings. The van der Waals surface area contributed by atoms with Crippen LogP contribution in [0.1, 0.15) is 31.9 Å². The van der Waals surface area contributed by atoms with Crippen molar-refractivity contribution < 1.29 is 1.43 Å². The van der Waals surface area contributed by atoms with Crippen LogP contribution in [0, 0.1) is 0 Å². The predicted molar refractivity (Wildman–Crippen MR) is 46.2 cm³/mol. The number of thiazole rings is 1. The lowest BCUT2D eigenvalue weighted by Crippen LogP contribution is -1.96. The fraction of sp³-hybridized carbons (Fsp3) is 0.571. The molecule has 0 atom stereocenters. The summed E-state index contributed by atoms with van der Waals surface area (Å²) in [5.41, 5.74) is 6.42. The standard InChI is InChI=1S/C7H12N2S.H2/c1-5(2)7-9-6(3-8)4-10-7;/h4-5H,3,8H2,1-2H3;1H. The zero-order valence-corrected chi connectivity index (χ0v) is 7.11. The van der Waals surface area contributed by atoms with Gasteiger partial charge >= 0.3 is 0 Å². The molecule has 0 aliphatic heterocycles. The number of hydrogen-bond donors (Lipinski definition) is 1. The van der Waals surface area contributed by atoms with E-state index >= 15 is 0 Å². The first-order valence-electron chi connectivity index (χ1n) is 3.38. The van der Waals surface area contributed by atoms with Gasteiger partial charge in [-0.05, 0) is 0 Å². The summed E-state index contributed by atoms with van der Waals surface area (Å²) in [6.07, 6.45) is 0. The summed E-state index contributed by atoms with van der Waals surface area (Å²) in [6, 6.07) is 0. The molecule has 0 unspecified atom stereocenters. The molecule has 1 rings (SSSR count). The van der Waals surface area contributed by atoms with Gasteiger partial charge < -0.3 is 5.73 Å². The third kappa shape index (κ3) is 1.55. The van der Waals surface area contributed by atoms with Gasteiger partial charge in [-0.25, -0.2) is 4.98 Å². The fourth-order valence-electron chi connectivity index (χ4n) is 0.682. The van der Waals surface area contributed by atoms with Crippen molar-refractivity contribution in [3.8, 4) is 0 Å². The normalized spacial score (nSPS) is 10.8. The third-order valence-corrected chi connectivity index (χ3v) is 2.47. The molecule has 0 saturated heterocycles. The highest BCUT2D eigenvalue weighted by atomic mass is 32.1. The molecule has 1 aromatic heterocycles. The first-order chi connectivity index (χ1) is 4.74. The van der Waals surface area contributed by atoms with Gasteiger partial charge in [-0.2, -0.15) is 0 Å². The topological polar surface area (TPSA) is 38.9 Å². The van der Waals surface area contributed by atoms with Crippen molar-refractivity contribution in [1.82, 2.24) is 4.98 Å². The second kappa shape index (κ2) is 3.12. The molecule has 3 heteroatoms. The van der Waals surface area contributed by atoms with Crippen LogP contribution < -0.4 is 5.73 Å². The van der Waals surface area contributed by atoms with Crippen LogP contribution in [0.25, 0.3) is 0 Å². The molecular formula is C7H14N2S. The Morgan fingerprint density at radius 3 is 2.80 bits per heavy atom. The average Bonchev–Trinajstić information content (AvgIpc) is 2.34. The van der Waals surface area contributed by atoms with E-state index in [4.69, 9.17) is 5.73 Å². The van der Waals surface area contributed by atoms with Crippen LogP contribution in [0.3, 0.4) is 0 Å². The maximum absolute atomic E-state index is 5.41. The summed E-state index contributed by atoms with van der Waals surface area (Å²) in [7, 11) is 0. The van der Waals surface area contributed by atoms with Crippen molar-refractivity contribution in [3.05, 3.63) is 16.1 Å². The smallest absolute Gasteiger partial charge is 0.0954 e. The molecule has 1 aromatic rings. The number of nitrogens with zero attached hydrogens (tertiary/aromatic N) is 1. The molecule has 2 N–H and O–H groups in total. The van der Waals surface area contributed by atoms with Crippen molar-refractivity contribution >= 4 is 11.3 Å². The van der Waals surface area contributed by atoms with Gasteiger partial charge in [0.1, 0.15) is 0 Å². The van der Waals surface area contributed by atoms with E-state index in [0.29, 0.717) is 12.5 Å². The summed E-state index contributed by atoms with van der Waals surface area (Å²) in [5.74, 6) is 0.533. The number of aromatic nitrogens is 1. The molecule has 0 aromatic carbocycles. The summed E-state index contributed by atoms with van der Waals surface area (Å²) >= 11 is 1.69. The zero-order valence-electron chi connectivity index (χ0n) is 6.29. The lowest BCUT2D eigenvalue weighted by molar-refractivity contribution is 0.837. The van der Waals surface area contributed by atoms with E-state index in [0.717, 1.165) is 5.69 Å². The molecule has 0 spiro atoms. The molecule has 0 aliphatic rings. The van der Waals surface area contributed by atoms with Gasteiger partial charge in [-0.3, -0.25) is 0 Å². The Hall–Kier alpha value is -0.410. The van der Waals surface area contributed by atoms with Gasteiger partial charge in [-0.1, -0.05) is 13.8 Å². The van der Waals surface area contributed by atoms with Gasteiger partial charge in [0.15, 0.2) is 0 Å². The third-order valence-electron chi connectivity index (χ3n) is 1.27. The van der Waals surface area contributed by atoms with E-state index in [1.165, 1.54) is 5.01 Å². The molecular weight excluding hydrogens is 144 g/mol. The predicted octanol–water partition coefficient (Wildman–Crippen LogP) is 1.97. The molecule has 0 aliphatic carbocycles. The summed E-state index contributed by atoms with van der Waals surface area (Å²) < 4.78 is 0. The molecule has 10 heavy (non-hydrogen) atoms. The fourth-order valence-corrected chi connectivity index (χ4v) is 1.53. The minimum absolute atomic E-state index is 0. The molecule has 0 radical (unpaired) electrons. The first-order valence-corrected chi connectivity index (χ1v) is 4.26. The monoisotopic (exact) mass is 158 g/mol. The van der Waals surface area contributed by atoms with Crippen LogP contribution in [-0.4, -0.2) is 4.98 Å². The minimum Gasteiger partial charge on any atom is -0.325 e. The summed E-state index contributed by atoms with van der Waals surface area (Å²) in [4.78, 5) is 4.32. The van der Waals surface area contributed by atoms with Crippen LogP contribution in [0.2, 0.25) is 0 Å². The van der Waals surface area contributed by atoms with E-state index in [1.54, 1.807) is 11.3 Å². The Kier molecular flexibility index (Phi) is 2.40. The van der Waals surface area contributed by atoms with Crippen LogP contribution in [0.5, 0.6) is 0 Å². The van der Waals surface area contributed by atoms with Crippen molar-refractivity contribution in [1.29, 1.82) is 0 Å². The van der Waals surface area contributed by atoms with Gasteiger partial charge in [-0.15, -0.1) is 11.3 Å². The van der Waals surface area contributed by atoms with Crippen LogP contribution >= 0.6 is 11.3 Å². The van der Waals surface area contributed by atoms with Crippen molar-refractivity contribution in [2.24, 2.45) is 5.73 Å². The number of rotatable bonds is 2. The van der Waals surface area contributed by atoms with Crippen LogP contribution in [0.15, 0.2) is 5.38 Å². The van der Waals surface area contributed by atoms with E-state index in [-0.39, 0.29) is 1.43 Å². The summed E-state index contributed by atoms with van der Waals surface area (Å²) in [6.45, 7) is 4.83. The Morgan fingerprint density at radius 2 is 2.50 bits per heavy atom. The zero-order chi connectivity index (χ0) is 7.56. The minimum atomic E-state index is 0. The molecule has 1 heterocycles. The number of nitrogens with two attached hydrogens (primary N) is 1. The van der Waals surface area contributed by atoms with E-state index < -0.39 is 0 Å². The van der Waals surface area contributed by atoms with Crippen LogP contribution in [0.4, 0.5) is 0 Å². The van der Waals surface area contributed by atoms with E-state index in [1.807, 2.05) is 5.38 Å². The average molecular weight is 158 g/mol. The van der Waals surface area contributed by atoms with Crippen LogP contribution in [-0.2, 0) is 6.54 Å². The van der Waals surface area contributed by atoms with E-state index in [9.17, 15) is 0 Å². The Morgan fingerprint density at radius 1 is 1.80 bits per heavy atom. The van der Waals surface area contributed by atoms with Crippen molar-refractivity contribution in [3.63, 3.8) is 0 Å². The highest BCUT2D eigenvalue weighted by Crippen LogP contribution is 2.18. The molecule has 0 amide bonds. The van der Waals surface area contributed by atoms with E-state index in [2.05, 4.69) is 18.8 Å². The van der Waals surface area contributed by atoms with Gasteiger partial charge in [0.25, 0.3) is 0 Å². The molecule has 58 valence electrons. The SMILES string of the molecule is CC(C)c1nc(CN)cs1.[HH]. The maximum atomic E-state index is 5.41. The Labute approximate surface area is 66.6 Å². The lowest BCUT2D eigenvalue weighted by Gasteiger charge is -1.95. The second-order valence-electron chi connectivity index (χ2n) is 2.54. The van der Waals surface area contributed by atoms with Crippen molar-refractivity contribution in [2.75, 3.05) is 0 Å². The Bertz CT molecular complexity index is 210. The molecule has 2 nitrogen and oxygen atoms in total. The van der Waals surface area contributed by atoms with Gasteiger partial charge in [0.05, 0.1) is 10.7 Å². The van der Waals surface area contributed by atoms with Gasteiger partial charge in [0.2, 0.25) is 0 Å². The molecule has 0 saturated carbocycles. The first kappa shape index (κ1) is 7.69.